The van der Waals surface area contributed by atoms with Crippen LogP contribution in [0.1, 0.15) is 27.3 Å². The molecule has 2 rings (SSSR count). The van der Waals surface area contributed by atoms with Gasteiger partial charge in [0.15, 0.2) is 23.9 Å². The van der Waals surface area contributed by atoms with Crippen LogP contribution in [0, 0.1) is 11.3 Å². The second-order valence-electron chi connectivity index (χ2n) is 5.98. The van der Waals surface area contributed by atoms with Gasteiger partial charge in [0.1, 0.15) is 0 Å². The van der Waals surface area contributed by atoms with Crippen molar-refractivity contribution in [2.75, 3.05) is 39.7 Å². The van der Waals surface area contributed by atoms with Gasteiger partial charge in [-0.1, -0.05) is 0 Å². The molecule has 0 aliphatic heterocycles. The molecular formula is C20H21N3O7. The Morgan fingerprint density at radius 2 is 1.90 bits per heavy atom. The number of likely N-dealkylation sites (N-methyl/N-ethyl adjacent to an activating group) is 1. The first-order valence-corrected chi connectivity index (χ1v) is 8.80. The largest absolute Gasteiger partial charge is 0.493 e. The van der Waals surface area contributed by atoms with Gasteiger partial charge >= 0.3 is 5.97 Å². The van der Waals surface area contributed by atoms with E-state index in [1.54, 1.807) is 6.07 Å². The van der Waals surface area contributed by atoms with Crippen molar-refractivity contribution < 1.29 is 33.0 Å². The summed E-state index contributed by atoms with van der Waals surface area (Å²) in [4.78, 5) is 38.3. The lowest BCUT2D eigenvalue weighted by Crippen LogP contribution is -2.32. The monoisotopic (exact) mass is 415 g/mol. The highest BCUT2D eigenvalue weighted by Crippen LogP contribution is 2.34. The number of esters is 1. The molecule has 2 amide bonds. The van der Waals surface area contributed by atoms with Crippen molar-refractivity contribution in [3.8, 4) is 17.6 Å². The Morgan fingerprint density at radius 3 is 2.50 bits per heavy atom. The van der Waals surface area contributed by atoms with E-state index in [1.807, 2.05) is 6.07 Å². The van der Waals surface area contributed by atoms with Gasteiger partial charge in [0, 0.05) is 25.7 Å². The third kappa shape index (κ3) is 5.51. The third-order valence-corrected chi connectivity index (χ3v) is 4.05. The zero-order valence-corrected chi connectivity index (χ0v) is 16.8. The highest BCUT2D eigenvalue weighted by Gasteiger charge is 2.22. The molecule has 0 aliphatic rings. The minimum Gasteiger partial charge on any atom is -0.493 e. The lowest BCUT2D eigenvalue weighted by atomic mass is 10.1. The molecule has 1 heterocycles. The van der Waals surface area contributed by atoms with Crippen LogP contribution in [0.5, 0.6) is 11.5 Å². The molecular weight excluding hydrogens is 394 g/mol. The van der Waals surface area contributed by atoms with E-state index < -0.39 is 24.4 Å². The number of furan rings is 1. The van der Waals surface area contributed by atoms with E-state index in [4.69, 9.17) is 23.9 Å². The Labute approximate surface area is 172 Å². The summed E-state index contributed by atoms with van der Waals surface area (Å²) < 4.78 is 20.6. The standard InChI is InChI=1S/C20H21N3O7/c1-23(8-5-7-21)18(24)12-30-20(26)13-10-16(27-2)17(28-3)11-14(13)22-19(25)15-6-4-9-29-15/h4,6,9-11H,5,8,12H2,1-3H3,(H,22,25). The van der Waals surface area contributed by atoms with Gasteiger partial charge in [-0.25, -0.2) is 4.79 Å². The Morgan fingerprint density at radius 1 is 1.20 bits per heavy atom. The number of methoxy groups -OCH3 is 2. The van der Waals surface area contributed by atoms with Crippen molar-refractivity contribution >= 4 is 23.5 Å². The third-order valence-electron chi connectivity index (χ3n) is 4.05. The normalized spacial score (nSPS) is 9.93. The first-order chi connectivity index (χ1) is 14.4. The number of rotatable bonds is 9. The molecule has 0 unspecified atom stereocenters. The average molecular weight is 415 g/mol. The SMILES string of the molecule is COc1cc(NC(=O)c2ccco2)c(C(=O)OCC(=O)N(C)CCC#N)cc1OC. The molecule has 0 aliphatic carbocycles. The molecule has 0 spiro atoms. The van der Waals surface area contributed by atoms with Gasteiger partial charge in [0.25, 0.3) is 11.8 Å². The molecule has 30 heavy (non-hydrogen) atoms. The summed E-state index contributed by atoms with van der Waals surface area (Å²) in [5, 5.41) is 11.1. The number of hydrogen-bond acceptors (Lipinski definition) is 8. The van der Waals surface area contributed by atoms with E-state index in [1.165, 1.54) is 50.6 Å². The Kier molecular flexibility index (Phi) is 7.82. The van der Waals surface area contributed by atoms with E-state index in [0.717, 1.165) is 0 Å². The molecule has 1 aromatic heterocycles. The number of amides is 2. The van der Waals surface area contributed by atoms with E-state index in [2.05, 4.69) is 5.32 Å². The van der Waals surface area contributed by atoms with Gasteiger partial charge in [0.2, 0.25) is 0 Å². The molecule has 0 bridgehead atoms. The van der Waals surface area contributed by atoms with Gasteiger partial charge in [-0.05, 0) is 12.1 Å². The Bertz CT molecular complexity index is 948. The number of anilines is 1. The fraction of sp³-hybridized carbons (Fsp3) is 0.300. The topological polar surface area (TPSA) is 131 Å². The minimum absolute atomic E-state index is 0.0402. The average Bonchev–Trinajstić information content (AvgIpc) is 3.30. The smallest absolute Gasteiger partial charge is 0.340 e. The van der Waals surface area contributed by atoms with E-state index in [-0.39, 0.29) is 41.5 Å². The predicted molar refractivity (Wildman–Crippen MR) is 104 cm³/mol. The maximum atomic E-state index is 12.6. The molecule has 2 aromatic rings. The number of nitrogens with zero attached hydrogens (tertiary/aromatic N) is 2. The molecule has 158 valence electrons. The summed E-state index contributed by atoms with van der Waals surface area (Å²) in [6, 6.07) is 7.68. The highest BCUT2D eigenvalue weighted by molar-refractivity contribution is 6.07. The molecule has 1 aromatic carbocycles. The van der Waals surface area contributed by atoms with Crippen molar-refractivity contribution in [2.45, 2.75) is 6.42 Å². The maximum absolute atomic E-state index is 12.6. The number of nitriles is 1. The van der Waals surface area contributed by atoms with Crippen molar-refractivity contribution in [1.82, 2.24) is 4.90 Å². The summed E-state index contributed by atoms with van der Waals surface area (Å²) >= 11 is 0. The second kappa shape index (κ2) is 10.5. The molecule has 0 radical (unpaired) electrons. The van der Waals surface area contributed by atoms with Crippen LogP contribution >= 0.6 is 0 Å². The van der Waals surface area contributed by atoms with Crippen molar-refractivity contribution in [2.24, 2.45) is 0 Å². The van der Waals surface area contributed by atoms with Gasteiger partial charge < -0.3 is 28.8 Å². The lowest BCUT2D eigenvalue weighted by Gasteiger charge is -2.17. The first-order valence-electron chi connectivity index (χ1n) is 8.80. The molecule has 1 N–H and O–H groups in total. The van der Waals surface area contributed by atoms with Crippen LogP contribution in [0.15, 0.2) is 34.9 Å². The summed E-state index contributed by atoms with van der Waals surface area (Å²) in [7, 11) is 4.30. The van der Waals surface area contributed by atoms with Crippen molar-refractivity contribution in [3.63, 3.8) is 0 Å². The first kappa shape index (κ1) is 22.3. The van der Waals surface area contributed by atoms with Crippen LogP contribution in [0.2, 0.25) is 0 Å². The van der Waals surface area contributed by atoms with Gasteiger partial charge in [-0.15, -0.1) is 0 Å². The van der Waals surface area contributed by atoms with Crippen LogP contribution in [-0.4, -0.2) is 57.1 Å². The molecule has 0 saturated carbocycles. The highest BCUT2D eigenvalue weighted by atomic mass is 16.5. The van der Waals surface area contributed by atoms with Gasteiger partial charge in [-0.2, -0.15) is 5.26 Å². The van der Waals surface area contributed by atoms with Crippen LogP contribution in [0.3, 0.4) is 0 Å². The van der Waals surface area contributed by atoms with E-state index in [9.17, 15) is 14.4 Å². The van der Waals surface area contributed by atoms with E-state index >= 15 is 0 Å². The Hall–Kier alpha value is -4.00. The number of nitrogens with one attached hydrogen (secondary N) is 1. The van der Waals surface area contributed by atoms with Gasteiger partial charge in [0.05, 0.1) is 44.2 Å². The van der Waals surface area contributed by atoms with Crippen LogP contribution in [0.4, 0.5) is 5.69 Å². The second-order valence-corrected chi connectivity index (χ2v) is 5.98. The summed E-state index contributed by atoms with van der Waals surface area (Å²) in [6.45, 7) is -0.311. The summed E-state index contributed by atoms with van der Waals surface area (Å²) in [5.74, 6) is -1.37. The minimum atomic E-state index is -0.854. The van der Waals surface area contributed by atoms with E-state index in [0.29, 0.717) is 0 Å². The zero-order valence-electron chi connectivity index (χ0n) is 16.8. The number of hydrogen-bond donors (Lipinski definition) is 1. The summed E-state index contributed by atoms with van der Waals surface area (Å²) in [6.07, 6.45) is 1.50. The van der Waals surface area contributed by atoms with Crippen molar-refractivity contribution in [3.05, 3.63) is 41.9 Å². The van der Waals surface area contributed by atoms with Crippen LogP contribution < -0.4 is 14.8 Å². The zero-order chi connectivity index (χ0) is 22.1. The number of ether oxygens (including phenoxy) is 3. The lowest BCUT2D eigenvalue weighted by molar-refractivity contribution is -0.133. The summed E-state index contributed by atoms with van der Waals surface area (Å²) in [5.41, 5.74) is 0.0457. The fourth-order valence-electron chi connectivity index (χ4n) is 2.40. The number of carbonyl (C=O) groups excluding carboxylic acids is 3. The van der Waals surface area contributed by atoms with Crippen molar-refractivity contribution in [1.29, 1.82) is 5.26 Å². The predicted octanol–water partition coefficient (Wildman–Crippen LogP) is 2.08. The van der Waals surface area contributed by atoms with Crippen LogP contribution in [0.25, 0.3) is 0 Å². The molecule has 10 nitrogen and oxygen atoms in total. The molecule has 10 heteroatoms. The van der Waals surface area contributed by atoms with Gasteiger partial charge in [-0.3, -0.25) is 9.59 Å². The quantitative estimate of drug-likeness (QED) is 0.616. The molecule has 0 fully saturated rings. The number of benzene rings is 1. The Balaban J connectivity index is 2.23. The fourth-order valence-corrected chi connectivity index (χ4v) is 2.40. The molecule has 0 saturated heterocycles. The number of carbonyl (C=O) groups is 3. The van der Waals surface area contributed by atoms with Crippen LogP contribution in [-0.2, 0) is 9.53 Å². The molecule has 0 atom stereocenters. The maximum Gasteiger partial charge on any atom is 0.340 e.